The van der Waals surface area contributed by atoms with Gasteiger partial charge in [0.15, 0.2) is 10.4 Å². The van der Waals surface area contributed by atoms with Gasteiger partial charge >= 0.3 is 0 Å². The molecule has 1 aromatic heterocycles. The minimum atomic E-state index is -3.91. The highest BCUT2D eigenvalue weighted by Gasteiger charge is 2.22. The number of halogens is 1. The summed E-state index contributed by atoms with van der Waals surface area (Å²) in [6, 6.07) is 1.11. The van der Waals surface area contributed by atoms with E-state index in [9.17, 15) is 13.2 Å². The van der Waals surface area contributed by atoms with Crippen LogP contribution in [0.25, 0.3) is 0 Å². The molecular formula is C11H17BrN2O4S. The van der Waals surface area contributed by atoms with Gasteiger partial charge in [0.2, 0.25) is 10.0 Å². The number of carbonyl (C=O) groups excluding carboxylic acids is 1. The fraction of sp³-hybridized carbons (Fsp3) is 0.545. The Morgan fingerprint density at radius 3 is 2.47 bits per heavy atom. The van der Waals surface area contributed by atoms with Crippen molar-refractivity contribution in [1.29, 1.82) is 0 Å². The van der Waals surface area contributed by atoms with Crippen LogP contribution in [0.15, 0.2) is 20.0 Å². The highest BCUT2D eigenvalue weighted by atomic mass is 79.9. The molecule has 1 amide bonds. The second-order valence-corrected chi connectivity index (χ2v) is 6.44. The van der Waals surface area contributed by atoms with Gasteiger partial charge < -0.3 is 9.73 Å². The number of primary sulfonamides is 1. The number of amides is 1. The van der Waals surface area contributed by atoms with Crippen molar-refractivity contribution >= 4 is 31.9 Å². The zero-order valence-electron chi connectivity index (χ0n) is 10.8. The van der Waals surface area contributed by atoms with E-state index in [0.29, 0.717) is 12.5 Å². The fourth-order valence-electron chi connectivity index (χ4n) is 1.56. The summed E-state index contributed by atoms with van der Waals surface area (Å²) in [7, 11) is -3.91. The summed E-state index contributed by atoms with van der Waals surface area (Å²) in [5, 5.41) is 7.69. The molecule has 0 saturated heterocycles. The number of sulfonamides is 1. The monoisotopic (exact) mass is 352 g/mol. The Kier molecular flexibility index (Phi) is 5.57. The average Bonchev–Trinajstić information content (AvgIpc) is 2.72. The third-order valence-corrected chi connectivity index (χ3v) is 4.66. The number of furan rings is 1. The maximum Gasteiger partial charge on any atom is 0.287 e. The molecule has 0 aliphatic carbocycles. The maximum atomic E-state index is 11.8. The van der Waals surface area contributed by atoms with Gasteiger partial charge in [-0.05, 0) is 21.8 Å². The lowest BCUT2D eigenvalue weighted by molar-refractivity contribution is 0.0917. The molecule has 1 aromatic rings. The van der Waals surface area contributed by atoms with E-state index in [1.165, 1.54) is 0 Å². The fourth-order valence-corrected chi connectivity index (χ4v) is 3.06. The molecule has 19 heavy (non-hydrogen) atoms. The Balaban J connectivity index is 2.79. The SMILES string of the molecule is CCC(CC)CNC(=O)c1cc(S(N)(=O)=O)c(Br)o1. The number of hydrogen-bond donors (Lipinski definition) is 2. The van der Waals surface area contributed by atoms with Gasteiger partial charge in [-0.3, -0.25) is 4.79 Å². The van der Waals surface area contributed by atoms with E-state index < -0.39 is 15.9 Å². The Bertz CT molecular complexity index is 549. The number of carbonyl (C=O) groups is 1. The van der Waals surface area contributed by atoms with E-state index in [1.807, 2.05) is 13.8 Å². The Morgan fingerprint density at radius 2 is 2.05 bits per heavy atom. The van der Waals surface area contributed by atoms with Gasteiger partial charge in [0.05, 0.1) is 0 Å². The smallest absolute Gasteiger partial charge is 0.287 e. The highest BCUT2D eigenvalue weighted by Crippen LogP contribution is 2.25. The molecular weight excluding hydrogens is 336 g/mol. The number of nitrogens with two attached hydrogens (primary N) is 1. The second kappa shape index (κ2) is 6.53. The van der Waals surface area contributed by atoms with Crippen LogP contribution in [-0.4, -0.2) is 20.9 Å². The van der Waals surface area contributed by atoms with Crippen molar-refractivity contribution in [1.82, 2.24) is 5.32 Å². The molecule has 6 nitrogen and oxygen atoms in total. The molecule has 0 aliphatic rings. The van der Waals surface area contributed by atoms with E-state index in [-0.39, 0.29) is 15.3 Å². The van der Waals surface area contributed by atoms with E-state index in [4.69, 9.17) is 9.56 Å². The standard InChI is InChI=1S/C11H17BrN2O4S/c1-3-7(4-2)6-14-11(15)8-5-9(10(12)18-8)19(13,16)17/h5,7H,3-4,6H2,1-2H3,(H,14,15)(H2,13,16,17). The van der Waals surface area contributed by atoms with Crippen LogP contribution in [0.2, 0.25) is 0 Å². The van der Waals surface area contributed by atoms with Crippen molar-refractivity contribution in [2.24, 2.45) is 11.1 Å². The van der Waals surface area contributed by atoms with Gasteiger partial charge in [0, 0.05) is 12.6 Å². The van der Waals surface area contributed by atoms with Gasteiger partial charge in [0.25, 0.3) is 5.91 Å². The van der Waals surface area contributed by atoms with E-state index in [0.717, 1.165) is 18.9 Å². The molecule has 0 aliphatic heterocycles. The highest BCUT2D eigenvalue weighted by molar-refractivity contribution is 9.10. The summed E-state index contributed by atoms with van der Waals surface area (Å²) < 4.78 is 27.4. The first-order valence-corrected chi connectivity index (χ1v) is 8.23. The number of rotatable bonds is 6. The molecule has 1 heterocycles. The zero-order chi connectivity index (χ0) is 14.6. The average molecular weight is 353 g/mol. The molecule has 0 atom stereocenters. The van der Waals surface area contributed by atoms with Crippen molar-refractivity contribution in [3.63, 3.8) is 0 Å². The van der Waals surface area contributed by atoms with E-state index in [2.05, 4.69) is 21.2 Å². The summed E-state index contributed by atoms with van der Waals surface area (Å²) in [6.45, 7) is 4.61. The molecule has 108 valence electrons. The largest absolute Gasteiger partial charge is 0.443 e. The van der Waals surface area contributed by atoms with Crippen molar-refractivity contribution in [3.8, 4) is 0 Å². The van der Waals surface area contributed by atoms with Crippen LogP contribution >= 0.6 is 15.9 Å². The lowest BCUT2D eigenvalue weighted by Crippen LogP contribution is -2.28. The van der Waals surface area contributed by atoms with Crippen molar-refractivity contribution < 1.29 is 17.6 Å². The molecule has 0 saturated carbocycles. The minimum absolute atomic E-state index is 0.0670. The molecule has 0 bridgehead atoms. The van der Waals surface area contributed by atoms with Gasteiger partial charge in [-0.25, -0.2) is 13.6 Å². The van der Waals surface area contributed by atoms with E-state index >= 15 is 0 Å². The Hall–Kier alpha value is -0.860. The van der Waals surface area contributed by atoms with Crippen molar-refractivity contribution in [2.75, 3.05) is 6.54 Å². The first-order chi connectivity index (χ1) is 8.79. The number of hydrogen-bond acceptors (Lipinski definition) is 4. The van der Waals surface area contributed by atoms with Crippen LogP contribution in [0, 0.1) is 5.92 Å². The van der Waals surface area contributed by atoms with Gasteiger partial charge in [-0.15, -0.1) is 0 Å². The molecule has 0 aromatic carbocycles. The third kappa shape index (κ3) is 4.32. The number of nitrogens with one attached hydrogen (secondary N) is 1. The lowest BCUT2D eigenvalue weighted by atomic mass is 10.0. The molecule has 0 fully saturated rings. The van der Waals surface area contributed by atoms with Gasteiger partial charge in [0.1, 0.15) is 4.90 Å². The first kappa shape index (κ1) is 16.2. The Morgan fingerprint density at radius 1 is 1.47 bits per heavy atom. The second-order valence-electron chi connectivity index (χ2n) is 4.19. The summed E-state index contributed by atoms with van der Waals surface area (Å²) in [5.74, 6) is -0.149. The zero-order valence-corrected chi connectivity index (χ0v) is 13.2. The molecule has 0 spiro atoms. The topological polar surface area (TPSA) is 102 Å². The lowest BCUT2D eigenvalue weighted by Gasteiger charge is -2.12. The summed E-state index contributed by atoms with van der Waals surface area (Å²) in [6.07, 6.45) is 1.92. The van der Waals surface area contributed by atoms with Crippen molar-refractivity contribution in [3.05, 3.63) is 16.5 Å². The van der Waals surface area contributed by atoms with Crippen LogP contribution in [-0.2, 0) is 10.0 Å². The molecule has 3 N–H and O–H groups in total. The van der Waals surface area contributed by atoms with Crippen molar-refractivity contribution in [2.45, 2.75) is 31.6 Å². The predicted octanol–water partition coefficient (Wildman–Crippen LogP) is 1.86. The van der Waals surface area contributed by atoms with Gasteiger partial charge in [-0.2, -0.15) is 0 Å². The molecule has 1 rings (SSSR count). The molecule has 0 unspecified atom stereocenters. The predicted molar refractivity (Wildman–Crippen MR) is 74.2 cm³/mol. The molecule has 8 heteroatoms. The summed E-state index contributed by atoms with van der Waals surface area (Å²) >= 11 is 2.92. The third-order valence-electron chi connectivity index (χ3n) is 2.89. The van der Waals surface area contributed by atoms with Crippen LogP contribution in [0.4, 0.5) is 0 Å². The Labute approximate surface area is 120 Å². The summed E-state index contributed by atoms with van der Waals surface area (Å²) in [4.78, 5) is 11.6. The van der Waals surface area contributed by atoms with E-state index in [1.54, 1.807) is 0 Å². The van der Waals surface area contributed by atoms with Crippen LogP contribution in [0.1, 0.15) is 37.2 Å². The quantitative estimate of drug-likeness (QED) is 0.815. The van der Waals surface area contributed by atoms with Gasteiger partial charge in [-0.1, -0.05) is 26.7 Å². The van der Waals surface area contributed by atoms with Crippen LogP contribution in [0.5, 0.6) is 0 Å². The van der Waals surface area contributed by atoms with Crippen LogP contribution < -0.4 is 10.5 Å². The normalized spacial score (nSPS) is 11.8. The first-order valence-electron chi connectivity index (χ1n) is 5.89. The minimum Gasteiger partial charge on any atom is -0.443 e. The molecule has 0 radical (unpaired) electrons. The maximum absolute atomic E-state index is 11.8. The van der Waals surface area contributed by atoms with Crippen LogP contribution in [0.3, 0.4) is 0 Å². The summed E-state index contributed by atoms with van der Waals surface area (Å²) in [5.41, 5.74) is 0.